The first-order valence-electron chi connectivity index (χ1n) is 9.28. The average Bonchev–Trinajstić information content (AvgIpc) is 3.04. The Bertz CT molecular complexity index is 796. The van der Waals surface area contributed by atoms with E-state index in [0.29, 0.717) is 12.5 Å². The van der Waals surface area contributed by atoms with Crippen LogP contribution in [0.4, 0.5) is 11.4 Å². The van der Waals surface area contributed by atoms with Crippen LogP contribution in [0.25, 0.3) is 0 Å². The molecule has 4 nitrogen and oxygen atoms in total. The molecule has 1 unspecified atom stereocenters. The Balaban J connectivity index is 1.69. The number of aryl methyl sites for hydroxylation is 1. The van der Waals surface area contributed by atoms with Crippen molar-refractivity contribution in [2.45, 2.75) is 39.5 Å². The molecule has 0 spiro atoms. The zero-order valence-electron chi connectivity index (χ0n) is 15.7. The Hall–Kier alpha value is -2.62. The number of nitrogens with zero attached hydrogens (tertiary/aromatic N) is 1. The van der Waals surface area contributed by atoms with E-state index in [1.54, 1.807) is 4.90 Å². The molecule has 1 aliphatic rings. The minimum Gasteiger partial charge on any atom is -0.326 e. The lowest BCUT2D eigenvalue weighted by atomic mass is 10.0. The first-order valence-corrected chi connectivity index (χ1v) is 9.28. The Morgan fingerprint density at radius 2 is 1.85 bits per heavy atom. The number of carbonyl (C=O) groups excluding carboxylic acids is 2. The molecule has 4 heteroatoms. The van der Waals surface area contributed by atoms with E-state index in [9.17, 15) is 9.59 Å². The number of amides is 2. The lowest BCUT2D eigenvalue weighted by molar-refractivity contribution is -0.122. The Morgan fingerprint density at radius 3 is 2.50 bits per heavy atom. The first-order chi connectivity index (χ1) is 12.5. The Morgan fingerprint density at radius 1 is 1.15 bits per heavy atom. The number of anilines is 2. The third kappa shape index (κ3) is 3.79. The molecule has 0 aliphatic carbocycles. The topological polar surface area (TPSA) is 49.4 Å². The zero-order chi connectivity index (χ0) is 18.7. The van der Waals surface area contributed by atoms with Crippen molar-refractivity contribution in [2.24, 2.45) is 5.92 Å². The molecule has 2 amide bonds. The Labute approximate surface area is 155 Å². The number of benzene rings is 2. The zero-order valence-corrected chi connectivity index (χ0v) is 15.7. The summed E-state index contributed by atoms with van der Waals surface area (Å²) >= 11 is 0. The normalized spacial score (nSPS) is 17.0. The van der Waals surface area contributed by atoms with E-state index in [4.69, 9.17) is 0 Å². The summed E-state index contributed by atoms with van der Waals surface area (Å²) in [6.07, 6.45) is 1.11. The third-order valence-corrected chi connectivity index (χ3v) is 5.02. The van der Waals surface area contributed by atoms with E-state index < -0.39 is 0 Å². The van der Waals surface area contributed by atoms with Crippen molar-refractivity contribution in [3.05, 3.63) is 59.7 Å². The van der Waals surface area contributed by atoms with Crippen LogP contribution in [0.3, 0.4) is 0 Å². The molecule has 2 aromatic rings. The molecule has 1 aliphatic heterocycles. The Kier molecular flexibility index (Phi) is 5.40. The lowest BCUT2D eigenvalue weighted by Gasteiger charge is -2.18. The summed E-state index contributed by atoms with van der Waals surface area (Å²) in [5.41, 5.74) is 4.05. The fraction of sp³-hybridized carbons (Fsp3) is 0.364. The van der Waals surface area contributed by atoms with Crippen molar-refractivity contribution in [2.75, 3.05) is 16.8 Å². The number of hydrogen-bond acceptors (Lipinski definition) is 2. The van der Waals surface area contributed by atoms with E-state index in [1.807, 2.05) is 36.4 Å². The van der Waals surface area contributed by atoms with E-state index in [0.717, 1.165) is 23.4 Å². The average molecular weight is 350 g/mol. The summed E-state index contributed by atoms with van der Waals surface area (Å²) in [4.78, 5) is 26.8. The molecule has 1 fully saturated rings. The van der Waals surface area contributed by atoms with E-state index >= 15 is 0 Å². The number of nitrogens with one attached hydrogen (secondary N) is 1. The molecule has 136 valence electrons. The predicted octanol–water partition coefficient (Wildman–Crippen LogP) is 4.36. The second-order valence-corrected chi connectivity index (χ2v) is 7.15. The quantitative estimate of drug-likeness (QED) is 0.871. The number of hydrogen-bond donors (Lipinski definition) is 1. The summed E-state index contributed by atoms with van der Waals surface area (Å²) in [7, 11) is 0. The van der Waals surface area contributed by atoms with Gasteiger partial charge >= 0.3 is 0 Å². The molecular weight excluding hydrogens is 324 g/mol. The van der Waals surface area contributed by atoms with Crippen LogP contribution in [-0.4, -0.2) is 18.4 Å². The molecule has 1 atom stereocenters. The van der Waals surface area contributed by atoms with E-state index in [-0.39, 0.29) is 24.2 Å². The summed E-state index contributed by atoms with van der Waals surface area (Å²) < 4.78 is 0. The highest BCUT2D eigenvalue weighted by molar-refractivity contribution is 6.03. The first kappa shape index (κ1) is 18.2. The molecule has 2 aromatic carbocycles. The maximum atomic E-state index is 12.7. The summed E-state index contributed by atoms with van der Waals surface area (Å²) in [5.74, 6) is 0.0550. The fourth-order valence-electron chi connectivity index (χ4n) is 3.36. The molecule has 3 rings (SSSR count). The SMILES string of the molecule is CCc1ccccc1NC(=O)C1CC(=O)N(c2ccc(C(C)C)cc2)C1. The minimum atomic E-state index is -0.322. The molecule has 0 radical (unpaired) electrons. The lowest BCUT2D eigenvalue weighted by Crippen LogP contribution is -2.28. The van der Waals surface area contributed by atoms with Gasteiger partial charge in [-0.2, -0.15) is 0 Å². The standard InChI is InChI=1S/C22H26N2O2/c1-4-16-7-5-6-8-20(16)23-22(26)18-13-21(25)24(14-18)19-11-9-17(10-12-19)15(2)3/h5-12,15,18H,4,13-14H2,1-3H3,(H,23,26). The van der Waals surface area contributed by atoms with Crippen LogP contribution < -0.4 is 10.2 Å². The van der Waals surface area contributed by atoms with Crippen molar-refractivity contribution in [3.8, 4) is 0 Å². The predicted molar refractivity (Wildman–Crippen MR) is 105 cm³/mol. The molecule has 1 N–H and O–H groups in total. The molecule has 1 saturated heterocycles. The van der Waals surface area contributed by atoms with Gasteiger partial charge in [-0.1, -0.05) is 51.1 Å². The van der Waals surface area contributed by atoms with Gasteiger partial charge in [0.1, 0.15) is 0 Å². The fourth-order valence-corrected chi connectivity index (χ4v) is 3.36. The van der Waals surface area contributed by atoms with Crippen molar-refractivity contribution in [1.82, 2.24) is 0 Å². The van der Waals surface area contributed by atoms with Crippen molar-refractivity contribution < 1.29 is 9.59 Å². The van der Waals surface area contributed by atoms with Gasteiger partial charge in [-0.25, -0.2) is 0 Å². The van der Waals surface area contributed by atoms with Gasteiger partial charge in [0.25, 0.3) is 0 Å². The molecule has 0 saturated carbocycles. The highest BCUT2D eigenvalue weighted by Crippen LogP contribution is 2.28. The molecule has 0 bridgehead atoms. The van der Waals surface area contributed by atoms with Gasteiger partial charge in [0.05, 0.1) is 5.92 Å². The summed E-state index contributed by atoms with van der Waals surface area (Å²) in [6, 6.07) is 15.9. The van der Waals surface area contributed by atoms with Crippen LogP contribution in [0, 0.1) is 5.92 Å². The highest BCUT2D eigenvalue weighted by Gasteiger charge is 2.35. The van der Waals surface area contributed by atoms with E-state index in [2.05, 4.69) is 38.2 Å². The second-order valence-electron chi connectivity index (χ2n) is 7.15. The van der Waals surface area contributed by atoms with Gasteiger partial charge in [0.2, 0.25) is 11.8 Å². The number of rotatable bonds is 5. The molecule has 26 heavy (non-hydrogen) atoms. The van der Waals surface area contributed by atoms with Crippen LogP contribution in [0.5, 0.6) is 0 Å². The number of carbonyl (C=O) groups is 2. The van der Waals surface area contributed by atoms with Gasteiger partial charge in [0, 0.05) is 24.3 Å². The van der Waals surface area contributed by atoms with Gasteiger partial charge < -0.3 is 10.2 Å². The molecule has 1 heterocycles. The van der Waals surface area contributed by atoms with Crippen LogP contribution >= 0.6 is 0 Å². The van der Waals surface area contributed by atoms with Gasteiger partial charge in [-0.15, -0.1) is 0 Å². The largest absolute Gasteiger partial charge is 0.326 e. The van der Waals surface area contributed by atoms with Gasteiger partial charge in [-0.05, 0) is 41.7 Å². The molecule has 0 aromatic heterocycles. The van der Waals surface area contributed by atoms with E-state index in [1.165, 1.54) is 5.56 Å². The third-order valence-electron chi connectivity index (χ3n) is 5.02. The van der Waals surface area contributed by atoms with Crippen molar-refractivity contribution >= 4 is 23.2 Å². The second kappa shape index (κ2) is 7.73. The van der Waals surface area contributed by atoms with Gasteiger partial charge in [0.15, 0.2) is 0 Å². The molecular formula is C22H26N2O2. The maximum absolute atomic E-state index is 12.7. The monoisotopic (exact) mass is 350 g/mol. The van der Waals surface area contributed by atoms with Crippen molar-refractivity contribution in [3.63, 3.8) is 0 Å². The van der Waals surface area contributed by atoms with Gasteiger partial charge in [-0.3, -0.25) is 9.59 Å². The maximum Gasteiger partial charge on any atom is 0.229 e. The van der Waals surface area contributed by atoms with Crippen LogP contribution in [0.1, 0.15) is 44.2 Å². The summed E-state index contributed by atoms with van der Waals surface area (Å²) in [5, 5.41) is 3.00. The van der Waals surface area contributed by atoms with Crippen LogP contribution in [0.2, 0.25) is 0 Å². The van der Waals surface area contributed by atoms with Crippen molar-refractivity contribution in [1.29, 1.82) is 0 Å². The summed E-state index contributed by atoms with van der Waals surface area (Å²) in [6.45, 7) is 6.78. The highest BCUT2D eigenvalue weighted by atomic mass is 16.2. The minimum absolute atomic E-state index is 0.00576. The number of para-hydroxylation sites is 1. The smallest absolute Gasteiger partial charge is 0.229 e. The van der Waals surface area contributed by atoms with Crippen LogP contribution in [-0.2, 0) is 16.0 Å². The van der Waals surface area contributed by atoms with Crippen LogP contribution in [0.15, 0.2) is 48.5 Å².